The van der Waals surface area contributed by atoms with Crippen LogP contribution in [0.5, 0.6) is 0 Å². The van der Waals surface area contributed by atoms with Gasteiger partial charge in [0.1, 0.15) is 6.54 Å². The maximum atomic E-state index is 9.96. The van der Waals surface area contributed by atoms with Gasteiger partial charge in [-0.2, -0.15) is 0 Å². The second-order valence-corrected chi connectivity index (χ2v) is 11.8. The van der Waals surface area contributed by atoms with E-state index in [1.165, 1.54) is 59.2 Å². The number of fused-ring (bicyclic) bond motifs is 4. The standard InChI is InChI=1S/C34H31NOS2/c36-22-21-35(19-17-29-27-11-3-1-9-25(27)23-37-33-15-7-5-13-31(29)33)20-18-30-28-12-4-2-10-26(28)24-38-34-16-8-6-14-32(30)34/h1-18,36H,19-24H2/p+1/b29-17-,30-18+. The molecule has 38 heavy (non-hydrogen) atoms. The third-order valence-electron chi connectivity index (χ3n) is 7.39. The summed E-state index contributed by atoms with van der Waals surface area (Å²) in [6.07, 6.45) is 4.80. The largest absolute Gasteiger partial charge is 0.391 e. The third-order valence-corrected chi connectivity index (χ3v) is 9.64. The van der Waals surface area contributed by atoms with Gasteiger partial charge in [-0.25, -0.2) is 0 Å². The van der Waals surface area contributed by atoms with Crippen molar-refractivity contribution in [3.05, 3.63) is 143 Å². The average molecular weight is 535 g/mol. The van der Waals surface area contributed by atoms with Gasteiger partial charge in [0.25, 0.3) is 0 Å². The van der Waals surface area contributed by atoms with Crippen LogP contribution in [0, 0.1) is 0 Å². The van der Waals surface area contributed by atoms with Crippen LogP contribution in [0.15, 0.2) is 119 Å². The lowest BCUT2D eigenvalue weighted by atomic mass is 9.93. The molecule has 2 aliphatic heterocycles. The van der Waals surface area contributed by atoms with Gasteiger partial charge in [-0.1, -0.05) is 84.9 Å². The molecule has 0 fully saturated rings. The molecule has 2 heterocycles. The van der Waals surface area contributed by atoms with Crippen LogP contribution in [0.4, 0.5) is 0 Å². The van der Waals surface area contributed by atoms with E-state index in [4.69, 9.17) is 0 Å². The minimum atomic E-state index is 0.174. The highest BCUT2D eigenvalue weighted by Crippen LogP contribution is 2.41. The highest BCUT2D eigenvalue weighted by atomic mass is 32.2. The Hall–Kier alpha value is -3.02. The molecule has 0 saturated carbocycles. The molecule has 1 atom stereocenters. The fourth-order valence-corrected chi connectivity index (χ4v) is 7.57. The van der Waals surface area contributed by atoms with Gasteiger partial charge in [-0.15, -0.1) is 23.5 Å². The lowest BCUT2D eigenvalue weighted by Gasteiger charge is -2.19. The zero-order valence-corrected chi connectivity index (χ0v) is 23.0. The number of quaternary nitrogens is 1. The van der Waals surface area contributed by atoms with Crippen molar-refractivity contribution in [1.29, 1.82) is 0 Å². The highest BCUT2D eigenvalue weighted by molar-refractivity contribution is 7.98. The number of nitrogens with one attached hydrogen (secondary N) is 1. The van der Waals surface area contributed by atoms with Crippen molar-refractivity contribution in [2.45, 2.75) is 21.3 Å². The fourth-order valence-electron chi connectivity index (χ4n) is 5.43. The maximum Gasteiger partial charge on any atom is 0.101 e. The number of aliphatic hydroxyl groups is 1. The number of rotatable bonds is 6. The molecule has 0 bridgehead atoms. The minimum Gasteiger partial charge on any atom is -0.391 e. The summed E-state index contributed by atoms with van der Waals surface area (Å²) in [6, 6.07) is 35.1. The van der Waals surface area contributed by atoms with Gasteiger partial charge < -0.3 is 10.0 Å². The van der Waals surface area contributed by atoms with E-state index in [9.17, 15) is 5.11 Å². The Morgan fingerprint density at radius 3 is 1.47 bits per heavy atom. The average Bonchev–Trinajstić information content (AvgIpc) is 3.23. The van der Waals surface area contributed by atoms with E-state index in [1.54, 1.807) is 0 Å². The van der Waals surface area contributed by atoms with Crippen molar-refractivity contribution >= 4 is 34.7 Å². The van der Waals surface area contributed by atoms with E-state index < -0.39 is 0 Å². The fraction of sp³-hybridized carbons (Fsp3) is 0.176. The second-order valence-electron chi connectivity index (χ2n) is 9.75. The molecule has 0 aromatic heterocycles. The molecule has 0 radical (unpaired) electrons. The molecule has 2 aliphatic rings. The Morgan fingerprint density at radius 2 is 1.00 bits per heavy atom. The highest BCUT2D eigenvalue weighted by Gasteiger charge is 2.20. The normalized spacial score (nSPS) is 17.1. The van der Waals surface area contributed by atoms with E-state index >= 15 is 0 Å². The van der Waals surface area contributed by atoms with E-state index in [0.717, 1.165) is 24.6 Å². The zero-order valence-electron chi connectivity index (χ0n) is 21.4. The van der Waals surface area contributed by atoms with E-state index in [0.29, 0.717) is 6.54 Å². The molecule has 4 aromatic carbocycles. The molecule has 2 nitrogen and oxygen atoms in total. The van der Waals surface area contributed by atoms with Crippen LogP contribution in [0.1, 0.15) is 33.4 Å². The zero-order chi connectivity index (χ0) is 25.7. The molecule has 0 saturated heterocycles. The van der Waals surface area contributed by atoms with Crippen LogP contribution in [-0.2, 0) is 11.5 Å². The van der Waals surface area contributed by atoms with Crippen molar-refractivity contribution in [2.75, 3.05) is 26.2 Å². The van der Waals surface area contributed by atoms with Crippen LogP contribution in [0.2, 0.25) is 0 Å². The summed E-state index contributed by atoms with van der Waals surface area (Å²) < 4.78 is 0. The minimum absolute atomic E-state index is 0.174. The number of aliphatic hydroxyl groups excluding tert-OH is 1. The number of hydrogen-bond donors (Lipinski definition) is 2. The molecule has 0 spiro atoms. The van der Waals surface area contributed by atoms with Crippen LogP contribution >= 0.6 is 23.5 Å². The van der Waals surface area contributed by atoms with Crippen LogP contribution in [0.25, 0.3) is 11.1 Å². The van der Waals surface area contributed by atoms with Crippen LogP contribution in [0.3, 0.4) is 0 Å². The van der Waals surface area contributed by atoms with E-state index in [1.807, 2.05) is 23.5 Å². The maximum absolute atomic E-state index is 9.96. The molecule has 190 valence electrons. The lowest BCUT2D eigenvalue weighted by molar-refractivity contribution is -0.888. The molecule has 2 N–H and O–H groups in total. The van der Waals surface area contributed by atoms with Crippen molar-refractivity contribution < 1.29 is 10.0 Å². The Kier molecular flexibility index (Phi) is 7.84. The summed E-state index contributed by atoms with van der Waals surface area (Å²) in [7, 11) is 0. The SMILES string of the molecule is OCC[NH+](C/C=C1/c2ccccc2CSc2ccccc21)C/C=C1\c2ccccc2CSc2ccccc21. The number of thioether (sulfide) groups is 2. The van der Waals surface area contributed by atoms with Gasteiger partial charge in [0.15, 0.2) is 0 Å². The predicted octanol–water partition coefficient (Wildman–Crippen LogP) is 6.34. The molecule has 4 aromatic rings. The smallest absolute Gasteiger partial charge is 0.101 e. The molecule has 6 rings (SSSR count). The molecular formula is C34H32NOS2+. The van der Waals surface area contributed by atoms with Gasteiger partial charge >= 0.3 is 0 Å². The van der Waals surface area contributed by atoms with Crippen molar-refractivity contribution in [1.82, 2.24) is 0 Å². The summed E-state index contributed by atoms with van der Waals surface area (Å²) in [5.41, 5.74) is 10.7. The summed E-state index contributed by atoms with van der Waals surface area (Å²) in [5.74, 6) is 1.97. The molecule has 1 unspecified atom stereocenters. The van der Waals surface area contributed by atoms with Crippen LogP contribution in [-0.4, -0.2) is 31.3 Å². The third kappa shape index (κ3) is 5.27. The van der Waals surface area contributed by atoms with Gasteiger partial charge in [0.2, 0.25) is 0 Å². The first-order valence-electron chi connectivity index (χ1n) is 13.3. The summed E-state index contributed by atoms with van der Waals surface area (Å²) >= 11 is 3.84. The van der Waals surface area contributed by atoms with Crippen molar-refractivity contribution in [3.63, 3.8) is 0 Å². The van der Waals surface area contributed by atoms with E-state index in [2.05, 4.69) is 109 Å². The molecule has 0 amide bonds. The summed E-state index contributed by atoms with van der Waals surface area (Å²) in [5, 5.41) is 9.96. The van der Waals surface area contributed by atoms with Gasteiger partial charge in [0, 0.05) is 21.3 Å². The van der Waals surface area contributed by atoms with Gasteiger partial charge in [-0.3, -0.25) is 0 Å². The first-order chi connectivity index (χ1) is 18.8. The monoisotopic (exact) mass is 534 g/mol. The number of hydrogen-bond acceptors (Lipinski definition) is 3. The quantitative estimate of drug-likeness (QED) is 0.302. The Labute approximate surface area is 234 Å². The Morgan fingerprint density at radius 1 is 0.579 bits per heavy atom. The molecule has 0 aliphatic carbocycles. The second kappa shape index (κ2) is 11.8. The van der Waals surface area contributed by atoms with Crippen molar-refractivity contribution in [3.8, 4) is 0 Å². The van der Waals surface area contributed by atoms with Crippen LogP contribution < -0.4 is 4.90 Å². The first-order valence-corrected chi connectivity index (χ1v) is 15.2. The summed E-state index contributed by atoms with van der Waals surface area (Å²) in [6.45, 7) is 2.59. The lowest BCUT2D eigenvalue weighted by Crippen LogP contribution is -3.12. The molecule has 4 heteroatoms. The number of benzene rings is 4. The topological polar surface area (TPSA) is 24.7 Å². The Balaban J connectivity index is 1.35. The molecular weight excluding hydrogens is 503 g/mol. The summed E-state index contributed by atoms with van der Waals surface area (Å²) in [4.78, 5) is 4.03. The predicted molar refractivity (Wildman–Crippen MR) is 162 cm³/mol. The first kappa shape index (κ1) is 25.3. The Bertz CT molecular complexity index is 1300. The van der Waals surface area contributed by atoms with E-state index in [-0.39, 0.29) is 6.61 Å². The van der Waals surface area contributed by atoms with Gasteiger partial charge in [-0.05, 0) is 68.8 Å². The van der Waals surface area contributed by atoms with Gasteiger partial charge in [0.05, 0.1) is 19.7 Å². The van der Waals surface area contributed by atoms with Crippen molar-refractivity contribution in [2.24, 2.45) is 0 Å².